The molecule has 1 heterocycles. The van der Waals surface area contributed by atoms with E-state index >= 15 is 0 Å². The molecule has 1 aromatic rings. The van der Waals surface area contributed by atoms with E-state index in [1.807, 2.05) is 5.38 Å². The molecule has 1 saturated carbocycles. The van der Waals surface area contributed by atoms with Crippen molar-refractivity contribution >= 4 is 28.7 Å². The number of thiophene rings is 1. The predicted molar refractivity (Wildman–Crippen MR) is 71.0 cm³/mol. The van der Waals surface area contributed by atoms with Crippen molar-refractivity contribution in [3.05, 3.63) is 21.3 Å². The summed E-state index contributed by atoms with van der Waals surface area (Å²) in [7, 11) is 1.64. The fraction of sp³-hybridized carbons (Fsp3) is 0.615. The summed E-state index contributed by atoms with van der Waals surface area (Å²) >= 11 is 7.45. The molecule has 94 valence electrons. The normalized spacial score (nSPS) is 29.2. The van der Waals surface area contributed by atoms with E-state index in [1.54, 1.807) is 13.2 Å². The molecule has 0 bridgehead atoms. The first-order valence-corrected chi connectivity index (χ1v) is 7.18. The van der Waals surface area contributed by atoms with E-state index in [4.69, 9.17) is 16.3 Å². The number of hydrogen-bond donors (Lipinski definition) is 0. The molecule has 2 unspecified atom stereocenters. The smallest absolute Gasteiger partial charge is 0.206 e. The van der Waals surface area contributed by atoms with Gasteiger partial charge in [0.05, 0.1) is 9.90 Å². The Kier molecular flexibility index (Phi) is 3.91. The molecule has 1 aliphatic rings. The summed E-state index contributed by atoms with van der Waals surface area (Å²) in [5.74, 6) is 0.595. The quantitative estimate of drug-likeness (QED) is 0.772. The van der Waals surface area contributed by atoms with Gasteiger partial charge in [0, 0.05) is 7.11 Å². The van der Waals surface area contributed by atoms with Crippen LogP contribution in [0.15, 0.2) is 11.4 Å². The highest BCUT2D eigenvalue weighted by atomic mass is 35.5. The molecule has 2 rings (SSSR count). The molecule has 0 radical (unpaired) electrons. The van der Waals surface area contributed by atoms with E-state index < -0.39 is 5.60 Å². The third-order valence-electron chi connectivity index (χ3n) is 3.58. The van der Waals surface area contributed by atoms with Crippen LogP contribution in [0.3, 0.4) is 0 Å². The zero-order valence-corrected chi connectivity index (χ0v) is 11.7. The Labute approximate surface area is 111 Å². The third-order valence-corrected chi connectivity index (χ3v) is 4.92. The average molecular weight is 273 g/mol. The number of halogens is 1. The first-order valence-electron chi connectivity index (χ1n) is 5.92. The Morgan fingerprint density at radius 1 is 1.65 bits per heavy atom. The van der Waals surface area contributed by atoms with Gasteiger partial charge in [-0.3, -0.25) is 4.79 Å². The minimum absolute atomic E-state index is 0.0616. The van der Waals surface area contributed by atoms with Gasteiger partial charge in [0.25, 0.3) is 0 Å². The lowest BCUT2D eigenvalue weighted by Gasteiger charge is -2.37. The fourth-order valence-corrected chi connectivity index (χ4v) is 3.82. The van der Waals surface area contributed by atoms with E-state index in [1.165, 1.54) is 17.8 Å². The summed E-state index contributed by atoms with van der Waals surface area (Å²) in [5.41, 5.74) is -0.647. The van der Waals surface area contributed by atoms with Crippen LogP contribution >= 0.6 is 22.9 Å². The number of ketones is 1. The molecule has 0 N–H and O–H groups in total. The largest absolute Gasteiger partial charge is 0.370 e. The SMILES string of the molecule is COC1(C(=O)c2sccc2Cl)CCCC(C)C1. The highest BCUT2D eigenvalue weighted by Crippen LogP contribution is 2.39. The molecule has 4 heteroatoms. The predicted octanol–water partition coefficient (Wildman–Crippen LogP) is 4.18. The van der Waals surface area contributed by atoms with E-state index in [0.29, 0.717) is 15.8 Å². The maximum absolute atomic E-state index is 12.6. The maximum atomic E-state index is 12.6. The van der Waals surface area contributed by atoms with Crippen LogP contribution < -0.4 is 0 Å². The first-order chi connectivity index (χ1) is 8.09. The van der Waals surface area contributed by atoms with Gasteiger partial charge in [-0.2, -0.15) is 0 Å². The molecular formula is C13H17ClO2S. The van der Waals surface area contributed by atoms with Gasteiger partial charge < -0.3 is 4.74 Å². The molecule has 1 fully saturated rings. The number of Topliss-reactive ketones (excluding diaryl/α,β-unsaturated/α-hetero) is 1. The van der Waals surface area contributed by atoms with Crippen LogP contribution in [0, 0.1) is 5.92 Å². The summed E-state index contributed by atoms with van der Waals surface area (Å²) in [4.78, 5) is 13.2. The average Bonchev–Trinajstić information content (AvgIpc) is 2.74. The number of hydrogen-bond acceptors (Lipinski definition) is 3. The summed E-state index contributed by atoms with van der Waals surface area (Å²) < 4.78 is 5.59. The molecule has 0 aromatic carbocycles. The molecule has 1 aromatic heterocycles. The Bertz CT molecular complexity index is 415. The van der Waals surface area contributed by atoms with Crippen molar-refractivity contribution in [3.8, 4) is 0 Å². The molecule has 17 heavy (non-hydrogen) atoms. The van der Waals surface area contributed by atoms with Crippen LogP contribution in [0.25, 0.3) is 0 Å². The van der Waals surface area contributed by atoms with E-state index in [9.17, 15) is 4.79 Å². The lowest BCUT2D eigenvalue weighted by atomic mass is 9.76. The molecule has 0 spiro atoms. The van der Waals surface area contributed by atoms with Crippen LogP contribution in [0.5, 0.6) is 0 Å². The standard InChI is InChI=1S/C13H17ClO2S/c1-9-4-3-6-13(8-9,16-2)12(15)11-10(14)5-7-17-11/h5,7,9H,3-4,6,8H2,1-2H3. The minimum atomic E-state index is -0.647. The molecule has 1 aliphatic carbocycles. The van der Waals surface area contributed by atoms with Gasteiger partial charge in [-0.25, -0.2) is 0 Å². The van der Waals surface area contributed by atoms with Gasteiger partial charge in [-0.1, -0.05) is 24.9 Å². The lowest BCUT2D eigenvalue weighted by Crippen LogP contribution is -2.44. The highest BCUT2D eigenvalue weighted by molar-refractivity contribution is 7.12. The Morgan fingerprint density at radius 2 is 2.41 bits per heavy atom. The van der Waals surface area contributed by atoms with E-state index in [-0.39, 0.29) is 5.78 Å². The van der Waals surface area contributed by atoms with Crippen LogP contribution in [0.2, 0.25) is 5.02 Å². The van der Waals surface area contributed by atoms with Crippen molar-refractivity contribution in [2.75, 3.05) is 7.11 Å². The van der Waals surface area contributed by atoms with Gasteiger partial charge in [0.2, 0.25) is 5.78 Å². The van der Waals surface area contributed by atoms with Crippen molar-refractivity contribution in [2.45, 2.75) is 38.2 Å². The number of methoxy groups -OCH3 is 1. The molecular weight excluding hydrogens is 256 g/mol. The number of carbonyl (C=O) groups is 1. The minimum Gasteiger partial charge on any atom is -0.370 e. The van der Waals surface area contributed by atoms with Crippen molar-refractivity contribution < 1.29 is 9.53 Å². The summed E-state index contributed by atoms with van der Waals surface area (Å²) in [6.45, 7) is 2.18. The maximum Gasteiger partial charge on any atom is 0.206 e. The topological polar surface area (TPSA) is 26.3 Å². The van der Waals surface area contributed by atoms with Gasteiger partial charge in [0.1, 0.15) is 5.60 Å². The van der Waals surface area contributed by atoms with Gasteiger partial charge in [0.15, 0.2) is 0 Å². The second-order valence-corrected chi connectivity index (χ2v) is 6.15. The Balaban J connectivity index is 2.29. The van der Waals surface area contributed by atoms with Gasteiger partial charge in [-0.15, -0.1) is 11.3 Å². The van der Waals surface area contributed by atoms with E-state index in [0.717, 1.165) is 19.3 Å². The Morgan fingerprint density at radius 3 is 2.94 bits per heavy atom. The monoisotopic (exact) mass is 272 g/mol. The van der Waals surface area contributed by atoms with Crippen LogP contribution in [-0.2, 0) is 4.74 Å². The molecule has 0 amide bonds. The molecule has 2 nitrogen and oxygen atoms in total. The second kappa shape index (κ2) is 5.09. The van der Waals surface area contributed by atoms with Crippen molar-refractivity contribution in [3.63, 3.8) is 0 Å². The first kappa shape index (κ1) is 13.1. The summed E-state index contributed by atoms with van der Waals surface area (Å²) in [6.07, 6.45) is 3.83. The highest BCUT2D eigenvalue weighted by Gasteiger charge is 2.43. The summed E-state index contributed by atoms with van der Waals surface area (Å²) in [6, 6.07) is 1.77. The van der Waals surface area contributed by atoms with Crippen LogP contribution in [-0.4, -0.2) is 18.5 Å². The van der Waals surface area contributed by atoms with Gasteiger partial charge >= 0.3 is 0 Å². The van der Waals surface area contributed by atoms with E-state index in [2.05, 4.69) is 6.92 Å². The van der Waals surface area contributed by atoms with Crippen LogP contribution in [0.1, 0.15) is 42.3 Å². The molecule has 2 atom stereocenters. The zero-order chi connectivity index (χ0) is 12.5. The van der Waals surface area contributed by atoms with Crippen molar-refractivity contribution in [2.24, 2.45) is 5.92 Å². The van der Waals surface area contributed by atoms with Crippen molar-refractivity contribution in [1.29, 1.82) is 0 Å². The Hall–Kier alpha value is -0.380. The fourth-order valence-electron chi connectivity index (χ4n) is 2.65. The lowest BCUT2D eigenvalue weighted by molar-refractivity contribution is -0.0299. The second-order valence-electron chi connectivity index (χ2n) is 4.83. The zero-order valence-electron chi connectivity index (χ0n) is 10.2. The number of ether oxygens (including phenoxy) is 1. The number of carbonyl (C=O) groups excluding carboxylic acids is 1. The molecule has 0 saturated heterocycles. The summed E-state index contributed by atoms with van der Waals surface area (Å²) in [5, 5.41) is 2.40. The van der Waals surface area contributed by atoms with Crippen molar-refractivity contribution in [1.82, 2.24) is 0 Å². The van der Waals surface area contributed by atoms with Gasteiger partial charge in [-0.05, 0) is 36.6 Å². The van der Waals surface area contributed by atoms with Crippen LogP contribution in [0.4, 0.5) is 0 Å². The third kappa shape index (κ3) is 2.42. The molecule has 0 aliphatic heterocycles. The number of rotatable bonds is 3.